The number of hydrogen-bond donors (Lipinski definition) is 2. The van der Waals surface area contributed by atoms with Gasteiger partial charge in [-0.2, -0.15) is 31.4 Å². The topological polar surface area (TPSA) is 76.0 Å². The predicted octanol–water partition coefficient (Wildman–Crippen LogP) is 5.18. The Hall–Kier alpha value is -3.83. The molecule has 0 aliphatic heterocycles. The summed E-state index contributed by atoms with van der Waals surface area (Å²) in [6, 6.07) is 9.87. The maximum Gasteiger partial charge on any atom is 0.435 e. The SMILES string of the molecule is Cc1cccc(C(=O)NC(=O)Nc2ccc(-n3nc(C(F)(F)F)cc3C(F)(F)F)cc2)c1. The minimum Gasteiger partial charge on any atom is -0.308 e. The molecule has 0 fully saturated rings. The standard InChI is InChI=1S/C20H14F6N4O2/c1-11-3-2-4-12(9-11)17(31)28-18(32)27-13-5-7-14(8-6-13)30-16(20(24,25)26)10-15(29-30)19(21,22)23/h2-10H,1H3,(H2,27,28,31,32). The van der Waals surface area contributed by atoms with Gasteiger partial charge in [-0.15, -0.1) is 0 Å². The van der Waals surface area contributed by atoms with E-state index in [1.165, 1.54) is 6.07 Å². The first-order valence-electron chi connectivity index (χ1n) is 8.88. The van der Waals surface area contributed by atoms with E-state index in [1.54, 1.807) is 25.1 Å². The molecule has 0 radical (unpaired) electrons. The van der Waals surface area contributed by atoms with Crippen molar-refractivity contribution in [1.82, 2.24) is 15.1 Å². The van der Waals surface area contributed by atoms with Crippen LogP contribution in [0.25, 0.3) is 5.69 Å². The van der Waals surface area contributed by atoms with E-state index >= 15 is 0 Å². The number of aryl methyl sites for hydroxylation is 1. The molecule has 3 amide bonds. The van der Waals surface area contributed by atoms with Crippen LogP contribution >= 0.6 is 0 Å². The summed E-state index contributed by atoms with van der Waals surface area (Å²) in [5.74, 6) is -0.672. The first-order valence-corrected chi connectivity index (χ1v) is 8.88. The number of rotatable bonds is 3. The molecule has 0 aliphatic carbocycles. The van der Waals surface area contributed by atoms with Crippen molar-refractivity contribution in [2.45, 2.75) is 19.3 Å². The van der Waals surface area contributed by atoms with Crippen LogP contribution in [0.1, 0.15) is 27.3 Å². The zero-order chi connectivity index (χ0) is 23.7. The van der Waals surface area contributed by atoms with Gasteiger partial charge in [0.25, 0.3) is 5.91 Å². The molecule has 0 bridgehead atoms. The van der Waals surface area contributed by atoms with Crippen molar-refractivity contribution in [3.05, 3.63) is 77.1 Å². The van der Waals surface area contributed by atoms with Crippen LogP contribution in [0, 0.1) is 6.92 Å². The molecule has 12 heteroatoms. The molecule has 0 atom stereocenters. The monoisotopic (exact) mass is 456 g/mol. The number of carbonyl (C=O) groups is 2. The molecule has 32 heavy (non-hydrogen) atoms. The maximum atomic E-state index is 13.1. The van der Waals surface area contributed by atoms with Gasteiger partial charge in [-0.05, 0) is 43.3 Å². The van der Waals surface area contributed by atoms with Crippen LogP contribution in [-0.4, -0.2) is 21.7 Å². The normalized spacial score (nSPS) is 11.8. The number of nitrogens with zero attached hydrogens (tertiary/aromatic N) is 2. The van der Waals surface area contributed by atoms with Crippen molar-refractivity contribution in [2.24, 2.45) is 0 Å². The van der Waals surface area contributed by atoms with Gasteiger partial charge in [0.1, 0.15) is 5.69 Å². The Morgan fingerprint density at radius 3 is 2.12 bits per heavy atom. The summed E-state index contributed by atoms with van der Waals surface area (Å²) in [5.41, 5.74) is -2.48. The first-order chi connectivity index (χ1) is 14.8. The van der Waals surface area contributed by atoms with Crippen molar-refractivity contribution in [3.8, 4) is 5.69 Å². The number of halogens is 6. The smallest absolute Gasteiger partial charge is 0.308 e. The second kappa shape index (κ2) is 8.36. The lowest BCUT2D eigenvalue weighted by atomic mass is 10.1. The van der Waals surface area contributed by atoms with Gasteiger partial charge in [-0.1, -0.05) is 17.7 Å². The molecular weight excluding hydrogens is 442 g/mol. The molecule has 3 rings (SSSR count). The van der Waals surface area contributed by atoms with Crippen LogP contribution in [0.2, 0.25) is 0 Å². The van der Waals surface area contributed by atoms with Crippen molar-refractivity contribution in [2.75, 3.05) is 5.32 Å². The van der Waals surface area contributed by atoms with Crippen LogP contribution in [0.5, 0.6) is 0 Å². The fourth-order valence-corrected chi connectivity index (χ4v) is 2.73. The van der Waals surface area contributed by atoms with E-state index in [0.717, 1.165) is 29.8 Å². The van der Waals surface area contributed by atoms with E-state index < -0.39 is 35.7 Å². The van der Waals surface area contributed by atoms with E-state index in [0.29, 0.717) is 0 Å². The molecule has 0 saturated carbocycles. The number of anilines is 1. The fraction of sp³-hybridized carbons (Fsp3) is 0.150. The third-order valence-electron chi connectivity index (χ3n) is 4.17. The molecule has 6 nitrogen and oxygen atoms in total. The predicted molar refractivity (Wildman–Crippen MR) is 101 cm³/mol. The van der Waals surface area contributed by atoms with E-state index in [4.69, 9.17) is 0 Å². The summed E-state index contributed by atoms with van der Waals surface area (Å²) in [4.78, 5) is 24.1. The lowest BCUT2D eigenvalue weighted by molar-refractivity contribution is -0.143. The van der Waals surface area contributed by atoms with E-state index in [2.05, 4.69) is 15.7 Å². The number of amides is 3. The fourth-order valence-electron chi connectivity index (χ4n) is 2.73. The van der Waals surface area contributed by atoms with Crippen LogP contribution in [0.15, 0.2) is 54.6 Å². The first kappa shape index (κ1) is 22.8. The molecule has 0 aliphatic rings. The number of hydrogen-bond acceptors (Lipinski definition) is 3. The number of imide groups is 1. The Bertz CT molecular complexity index is 1150. The van der Waals surface area contributed by atoms with Crippen molar-refractivity contribution < 1.29 is 35.9 Å². The van der Waals surface area contributed by atoms with Gasteiger partial charge in [0.15, 0.2) is 5.69 Å². The quantitative estimate of drug-likeness (QED) is 0.534. The molecule has 2 N–H and O–H groups in total. The number of urea groups is 1. The summed E-state index contributed by atoms with van der Waals surface area (Å²) >= 11 is 0. The minimum atomic E-state index is -5.08. The molecule has 3 aromatic rings. The van der Waals surface area contributed by atoms with Crippen LogP contribution in [0.4, 0.5) is 36.8 Å². The largest absolute Gasteiger partial charge is 0.435 e. The molecule has 0 unspecified atom stereocenters. The maximum absolute atomic E-state index is 13.1. The number of alkyl halides is 6. The molecular formula is C20H14F6N4O2. The lowest BCUT2D eigenvalue weighted by Gasteiger charge is -2.11. The average Bonchev–Trinajstić information content (AvgIpc) is 3.15. The lowest BCUT2D eigenvalue weighted by Crippen LogP contribution is -2.34. The molecule has 2 aromatic carbocycles. The van der Waals surface area contributed by atoms with Crippen LogP contribution in [0.3, 0.4) is 0 Å². The van der Waals surface area contributed by atoms with E-state index in [9.17, 15) is 35.9 Å². The zero-order valence-electron chi connectivity index (χ0n) is 16.2. The minimum absolute atomic E-state index is 0.0834. The Morgan fingerprint density at radius 2 is 1.56 bits per heavy atom. The molecule has 0 saturated heterocycles. The van der Waals surface area contributed by atoms with Crippen molar-refractivity contribution >= 4 is 17.6 Å². The highest BCUT2D eigenvalue weighted by Gasteiger charge is 2.42. The summed E-state index contributed by atoms with van der Waals surface area (Å²) in [6.45, 7) is 1.76. The Kier molecular flexibility index (Phi) is 5.97. The third-order valence-corrected chi connectivity index (χ3v) is 4.17. The van der Waals surface area contributed by atoms with Crippen LogP contribution in [-0.2, 0) is 12.4 Å². The van der Waals surface area contributed by atoms with Gasteiger partial charge in [0, 0.05) is 17.3 Å². The second-order valence-corrected chi connectivity index (χ2v) is 6.65. The Labute approximate surface area is 176 Å². The number of aromatic nitrogens is 2. The van der Waals surface area contributed by atoms with Gasteiger partial charge in [-0.25, -0.2) is 9.48 Å². The van der Waals surface area contributed by atoms with Gasteiger partial charge >= 0.3 is 18.4 Å². The highest BCUT2D eigenvalue weighted by molar-refractivity contribution is 6.08. The van der Waals surface area contributed by atoms with Crippen molar-refractivity contribution in [1.29, 1.82) is 0 Å². The average molecular weight is 456 g/mol. The highest BCUT2D eigenvalue weighted by Crippen LogP contribution is 2.36. The molecule has 1 heterocycles. The molecule has 1 aromatic heterocycles. The zero-order valence-corrected chi connectivity index (χ0v) is 16.2. The summed E-state index contributed by atoms with van der Waals surface area (Å²) in [6.07, 6.45) is -10.1. The number of benzene rings is 2. The third kappa shape index (κ3) is 5.25. The second-order valence-electron chi connectivity index (χ2n) is 6.65. The van der Waals surface area contributed by atoms with E-state index in [-0.39, 0.29) is 27.7 Å². The number of carbonyl (C=O) groups excluding carboxylic acids is 2. The Morgan fingerprint density at radius 1 is 0.906 bits per heavy atom. The summed E-state index contributed by atoms with van der Waals surface area (Å²) < 4.78 is 78.0. The van der Waals surface area contributed by atoms with Gasteiger partial charge in [-0.3, -0.25) is 10.1 Å². The summed E-state index contributed by atoms with van der Waals surface area (Å²) in [7, 11) is 0. The summed E-state index contributed by atoms with van der Waals surface area (Å²) in [5, 5.41) is 7.41. The number of nitrogens with one attached hydrogen (secondary N) is 2. The Balaban J connectivity index is 1.76. The van der Waals surface area contributed by atoms with Gasteiger partial charge < -0.3 is 5.32 Å². The van der Waals surface area contributed by atoms with Gasteiger partial charge in [0.05, 0.1) is 5.69 Å². The van der Waals surface area contributed by atoms with E-state index in [1.807, 2.05) is 0 Å². The van der Waals surface area contributed by atoms with Crippen LogP contribution < -0.4 is 10.6 Å². The van der Waals surface area contributed by atoms with Crippen molar-refractivity contribution in [3.63, 3.8) is 0 Å². The van der Waals surface area contributed by atoms with Gasteiger partial charge in [0.2, 0.25) is 0 Å². The molecule has 168 valence electrons. The highest BCUT2D eigenvalue weighted by atomic mass is 19.4. The molecule has 0 spiro atoms.